The number of carbonyl (C=O) groups is 2. The van der Waals surface area contributed by atoms with Crippen LogP contribution in [-0.2, 0) is 20.9 Å². The second kappa shape index (κ2) is 5.37. The molecule has 17 heavy (non-hydrogen) atoms. The Balaban J connectivity index is 2.64. The van der Waals surface area contributed by atoms with E-state index in [0.717, 1.165) is 0 Å². The average Bonchev–Trinajstić information content (AvgIpc) is 2.35. The van der Waals surface area contributed by atoms with Gasteiger partial charge in [0.2, 0.25) is 5.54 Å². The van der Waals surface area contributed by atoms with Gasteiger partial charge >= 0.3 is 11.9 Å². The monoisotopic (exact) mass is 239 g/mol. The number of nitrogens with zero attached hydrogens (tertiary/aromatic N) is 1. The Morgan fingerprint density at radius 3 is 2.71 bits per heavy atom. The first-order valence-electron chi connectivity index (χ1n) is 4.79. The lowest BCUT2D eigenvalue weighted by molar-refractivity contribution is -0.161. The van der Waals surface area contributed by atoms with E-state index in [1.165, 1.54) is 6.20 Å². The molecule has 7 heteroatoms. The molecule has 0 aliphatic rings. The van der Waals surface area contributed by atoms with Crippen molar-refractivity contribution in [1.82, 2.24) is 4.98 Å². The van der Waals surface area contributed by atoms with Crippen molar-refractivity contribution in [1.29, 1.82) is 0 Å². The molecule has 0 bridgehead atoms. The van der Waals surface area contributed by atoms with Crippen LogP contribution in [0.1, 0.15) is 5.56 Å². The van der Waals surface area contributed by atoms with E-state index >= 15 is 0 Å². The summed E-state index contributed by atoms with van der Waals surface area (Å²) in [6.45, 7) is -0.632. The van der Waals surface area contributed by atoms with Crippen LogP contribution in [0.25, 0.3) is 0 Å². The molecule has 1 rings (SSSR count). The van der Waals surface area contributed by atoms with Crippen molar-refractivity contribution >= 4 is 11.9 Å². The summed E-state index contributed by atoms with van der Waals surface area (Å²) < 4.78 is 4.78. The van der Waals surface area contributed by atoms with Gasteiger partial charge in [0.25, 0.3) is 0 Å². The van der Waals surface area contributed by atoms with E-state index in [2.05, 4.69) is 4.98 Å². The van der Waals surface area contributed by atoms with Gasteiger partial charge in [0, 0.05) is 24.5 Å². The maximum absolute atomic E-state index is 11.5. The predicted molar refractivity (Wildman–Crippen MR) is 57.6 cm³/mol. The van der Waals surface area contributed by atoms with Gasteiger partial charge in [-0.05, 0) is 6.07 Å². The quantitative estimate of drug-likeness (QED) is 0.437. The largest absolute Gasteiger partial charge is 0.479 e. The number of aromatic nitrogens is 1. The van der Waals surface area contributed by atoms with Gasteiger partial charge in [-0.15, -0.1) is 0 Å². The third-order valence-electron chi connectivity index (χ3n) is 2.16. The molecule has 1 heterocycles. The minimum absolute atomic E-state index is 0.0983. The number of rotatable bonds is 5. The number of hydrogen-bond acceptors (Lipinski definition) is 6. The molecular weight excluding hydrogens is 226 g/mol. The molecule has 0 aliphatic heterocycles. The van der Waals surface area contributed by atoms with Crippen LogP contribution in [0.4, 0.5) is 0 Å². The summed E-state index contributed by atoms with van der Waals surface area (Å²) in [5, 5.41) is 8.78. The van der Waals surface area contributed by atoms with E-state index in [-0.39, 0.29) is 6.61 Å². The third kappa shape index (κ3) is 2.99. The zero-order chi connectivity index (χ0) is 12.9. The topological polar surface area (TPSA) is 129 Å². The Kier molecular flexibility index (Phi) is 4.13. The molecule has 92 valence electrons. The van der Waals surface area contributed by atoms with Gasteiger partial charge in [-0.2, -0.15) is 0 Å². The molecular formula is C10H13N3O4. The molecule has 1 unspecified atom stereocenters. The SMILES string of the molecule is NCC(N)(C(=O)O)C(=O)OCc1cccnc1. The summed E-state index contributed by atoms with van der Waals surface area (Å²) in [4.78, 5) is 26.1. The van der Waals surface area contributed by atoms with Crippen molar-refractivity contribution in [2.75, 3.05) is 6.54 Å². The zero-order valence-corrected chi connectivity index (χ0v) is 9.00. The lowest BCUT2D eigenvalue weighted by Gasteiger charge is -2.20. The molecule has 0 aliphatic carbocycles. The normalized spacial score (nSPS) is 13.8. The van der Waals surface area contributed by atoms with E-state index < -0.39 is 24.0 Å². The smallest absolute Gasteiger partial charge is 0.339 e. The molecule has 0 saturated carbocycles. The van der Waals surface area contributed by atoms with Crippen molar-refractivity contribution in [3.8, 4) is 0 Å². The highest BCUT2D eigenvalue weighted by atomic mass is 16.5. The Bertz CT molecular complexity index is 409. The van der Waals surface area contributed by atoms with Crippen LogP contribution in [0, 0.1) is 0 Å². The van der Waals surface area contributed by atoms with Crippen molar-refractivity contribution in [2.24, 2.45) is 11.5 Å². The van der Waals surface area contributed by atoms with Crippen LogP contribution >= 0.6 is 0 Å². The van der Waals surface area contributed by atoms with Gasteiger partial charge in [-0.25, -0.2) is 9.59 Å². The fourth-order valence-electron chi connectivity index (χ4n) is 1.02. The van der Waals surface area contributed by atoms with Crippen LogP contribution < -0.4 is 11.5 Å². The van der Waals surface area contributed by atoms with E-state index in [1.54, 1.807) is 18.3 Å². The maximum atomic E-state index is 11.5. The first kappa shape index (κ1) is 13.1. The van der Waals surface area contributed by atoms with Crippen molar-refractivity contribution < 1.29 is 19.4 Å². The van der Waals surface area contributed by atoms with Gasteiger partial charge < -0.3 is 21.3 Å². The Morgan fingerprint density at radius 1 is 1.53 bits per heavy atom. The number of carboxylic acid groups (broad SMARTS) is 1. The van der Waals surface area contributed by atoms with E-state index in [0.29, 0.717) is 5.56 Å². The average molecular weight is 239 g/mol. The van der Waals surface area contributed by atoms with Crippen molar-refractivity contribution in [3.63, 3.8) is 0 Å². The maximum Gasteiger partial charge on any atom is 0.339 e. The fraction of sp³-hybridized carbons (Fsp3) is 0.300. The van der Waals surface area contributed by atoms with Crippen LogP contribution in [0.2, 0.25) is 0 Å². The fourth-order valence-corrected chi connectivity index (χ4v) is 1.02. The first-order chi connectivity index (χ1) is 8.00. The van der Waals surface area contributed by atoms with Gasteiger partial charge in [0.15, 0.2) is 0 Å². The van der Waals surface area contributed by atoms with Crippen molar-refractivity contribution in [3.05, 3.63) is 30.1 Å². The highest BCUT2D eigenvalue weighted by Gasteiger charge is 2.42. The molecule has 1 atom stereocenters. The summed E-state index contributed by atoms with van der Waals surface area (Å²) >= 11 is 0. The summed E-state index contributed by atoms with van der Waals surface area (Å²) in [6, 6.07) is 3.35. The molecule has 0 amide bonds. The number of esters is 1. The molecule has 5 N–H and O–H groups in total. The minimum atomic E-state index is -2.21. The Hall–Kier alpha value is -1.99. The number of ether oxygens (including phenoxy) is 1. The number of carboxylic acids is 1. The number of carbonyl (C=O) groups excluding carboxylic acids is 1. The Labute approximate surface area is 97.4 Å². The Morgan fingerprint density at radius 2 is 2.24 bits per heavy atom. The van der Waals surface area contributed by atoms with Crippen molar-refractivity contribution in [2.45, 2.75) is 12.1 Å². The van der Waals surface area contributed by atoms with Gasteiger partial charge in [-0.1, -0.05) is 6.07 Å². The van der Waals surface area contributed by atoms with E-state index in [9.17, 15) is 9.59 Å². The van der Waals surface area contributed by atoms with Crippen LogP contribution in [0.5, 0.6) is 0 Å². The summed E-state index contributed by atoms with van der Waals surface area (Å²) in [5.41, 5.74) is 8.92. The number of nitrogens with two attached hydrogens (primary N) is 2. The second-order valence-electron chi connectivity index (χ2n) is 3.42. The number of hydrogen-bond donors (Lipinski definition) is 3. The molecule has 0 fully saturated rings. The molecule has 0 spiro atoms. The highest BCUT2D eigenvalue weighted by molar-refractivity contribution is 6.04. The standard InChI is InChI=1S/C10H13N3O4/c11-6-10(12,8(14)15)9(16)17-5-7-2-1-3-13-4-7/h1-4H,5-6,11-12H2,(H,14,15). The summed E-state index contributed by atoms with van der Waals surface area (Å²) in [7, 11) is 0. The minimum Gasteiger partial charge on any atom is -0.479 e. The number of pyridine rings is 1. The highest BCUT2D eigenvalue weighted by Crippen LogP contribution is 2.06. The lowest BCUT2D eigenvalue weighted by atomic mass is 10.0. The molecule has 0 radical (unpaired) electrons. The van der Waals surface area contributed by atoms with E-state index in [4.69, 9.17) is 21.3 Å². The molecule has 7 nitrogen and oxygen atoms in total. The van der Waals surface area contributed by atoms with E-state index in [1.807, 2.05) is 0 Å². The second-order valence-corrected chi connectivity index (χ2v) is 3.42. The van der Waals surface area contributed by atoms with Gasteiger partial charge in [0.1, 0.15) is 6.61 Å². The van der Waals surface area contributed by atoms with Crippen LogP contribution in [0.3, 0.4) is 0 Å². The molecule has 0 aromatic carbocycles. The number of aliphatic carboxylic acids is 1. The van der Waals surface area contributed by atoms with Crippen LogP contribution in [0.15, 0.2) is 24.5 Å². The van der Waals surface area contributed by atoms with Crippen LogP contribution in [-0.4, -0.2) is 34.1 Å². The first-order valence-corrected chi connectivity index (χ1v) is 4.79. The molecule has 1 aromatic rings. The summed E-state index contributed by atoms with van der Waals surface area (Å²) in [6.07, 6.45) is 3.06. The van der Waals surface area contributed by atoms with Gasteiger partial charge in [0.05, 0.1) is 0 Å². The molecule has 0 saturated heterocycles. The summed E-state index contributed by atoms with van der Waals surface area (Å²) in [5.74, 6) is -2.59. The lowest BCUT2D eigenvalue weighted by Crippen LogP contribution is -2.60. The third-order valence-corrected chi connectivity index (χ3v) is 2.16. The van der Waals surface area contributed by atoms with Gasteiger partial charge in [-0.3, -0.25) is 4.98 Å². The zero-order valence-electron chi connectivity index (χ0n) is 9.00. The predicted octanol–water partition coefficient (Wildman–Crippen LogP) is -1.13. The molecule has 1 aromatic heterocycles.